The number of halogens is 3. The molecule has 166 valence electrons. The van der Waals surface area contributed by atoms with E-state index in [1.54, 1.807) is 30.3 Å². The van der Waals surface area contributed by atoms with Gasteiger partial charge in [-0.3, -0.25) is 4.79 Å². The lowest BCUT2D eigenvalue weighted by Gasteiger charge is -2.12. The molecule has 0 saturated heterocycles. The topological polar surface area (TPSA) is 62.1 Å². The summed E-state index contributed by atoms with van der Waals surface area (Å²) in [6, 6.07) is 20.5. The second-order valence-corrected chi connectivity index (χ2v) is 9.03. The average Bonchev–Trinajstić information content (AvgIpc) is 2.81. The first-order chi connectivity index (χ1) is 15.9. The van der Waals surface area contributed by atoms with Crippen molar-refractivity contribution in [2.75, 3.05) is 5.32 Å². The minimum absolute atomic E-state index is 0.0665. The number of benzene rings is 3. The number of ether oxygens (including phenoxy) is 1. The third-order valence-corrected chi connectivity index (χ3v) is 6.17. The molecule has 0 saturated carbocycles. The van der Waals surface area contributed by atoms with Gasteiger partial charge in [-0.1, -0.05) is 53.5 Å². The molecule has 0 radical (unpaired) electrons. The molecule has 0 bridgehead atoms. The highest BCUT2D eigenvalue weighted by molar-refractivity contribution is 14.1. The van der Waals surface area contributed by atoms with Crippen LogP contribution in [0.1, 0.15) is 16.7 Å². The average molecular weight is 589 g/mol. The predicted octanol–water partition coefficient (Wildman–Crippen LogP) is 7.45. The Morgan fingerprint density at radius 2 is 1.91 bits per heavy atom. The highest BCUT2D eigenvalue weighted by Gasteiger charge is 2.13. The number of allylic oxidation sites excluding steroid dienone is 1. The van der Waals surface area contributed by atoms with E-state index in [0.29, 0.717) is 29.3 Å². The van der Waals surface area contributed by atoms with Crippen molar-refractivity contribution in [1.29, 1.82) is 5.26 Å². The maximum absolute atomic E-state index is 12.6. The Kier molecular flexibility index (Phi) is 8.95. The van der Waals surface area contributed by atoms with Gasteiger partial charge in [0.2, 0.25) is 0 Å². The molecule has 33 heavy (non-hydrogen) atoms. The lowest BCUT2D eigenvalue weighted by Crippen LogP contribution is -2.13. The summed E-state index contributed by atoms with van der Waals surface area (Å²) in [4.78, 5) is 12.6. The Morgan fingerprint density at radius 3 is 2.61 bits per heavy atom. The van der Waals surface area contributed by atoms with Crippen molar-refractivity contribution in [2.24, 2.45) is 0 Å². The van der Waals surface area contributed by atoms with Gasteiger partial charge in [-0.05, 0) is 88.2 Å². The Balaban J connectivity index is 1.80. The maximum atomic E-state index is 12.6. The van der Waals surface area contributed by atoms with Gasteiger partial charge in [0.25, 0.3) is 5.91 Å². The van der Waals surface area contributed by atoms with Gasteiger partial charge in [-0.25, -0.2) is 0 Å². The molecule has 7 heteroatoms. The second kappa shape index (κ2) is 11.9. The van der Waals surface area contributed by atoms with Gasteiger partial charge in [0.15, 0.2) is 0 Å². The van der Waals surface area contributed by atoms with E-state index < -0.39 is 5.91 Å². The lowest BCUT2D eigenvalue weighted by molar-refractivity contribution is -0.112. The first kappa shape index (κ1) is 24.8. The molecule has 0 spiro atoms. The Bertz CT molecular complexity index is 1250. The molecule has 3 rings (SSSR count). The van der Waals surface area contributed by atoms with Crippen molar-refractivity contribution in [3.63, 3.8) is 0 Å². The molecule has 0 aliphatic rings. The fourth-order valence-corrected chi connectivity index (χ4v) is 3.70. The van der Waals surface area contributed by atoms with Crippen molar-refractivity contribution < 1.29 is 9.53 Å². The molecule has 4 nitrogen and oxygen atoms in total. The molecule has 0 unspecified atom stereocenters. The standard InChI is InChI=1S/C26H19Cl2IN2O2/c1-2-4-19-13-18(9-12-24(19)33-16-17-7-10-21(29)11-8-17)14-20(15-30)26(32)31-23-6-3-5-22(27)25(23)28/h2-3,5-14H,1,4,16H2,(H,31,32)/b20-14-. The number of carbonyl (C=O) groups is 1. The van der Waals surface area contributed by atoms with Crippen LogP contribution < -0.4 is 10.1 Å². The number of nitriles is 1. The number of hydrogen-bond acceptors (Lipinski definition) is 3. The summed E-state index contributed by atoms with van der Waals surface area (Å²) in [5.41, 5.74) is 2.93. The van der Waals surface area contributed by atoms with Crippen LogP contribution >= 0.6 is 45.8 Å². The van der Waals surface area contributed by atoms with E-state index in [2.05, 4.69) is 34.5 Å². The summed E-state index contributed by atoms with van der Waals surface area (Å²) in [5, 5.41) is 12.7. The largest absolute Gasteiger partial charge is 0.489 e. The first-order valence-electron chi connectivity index (χ1n) is 9.89. The summed E-state index contributed by atoms with van der Waals surface area (Å²) in [7, 11) is 0. The van der Waals surface area contributed by atoms with Crippen LogP contribution in [0.25, 0.3) is 6.08 Å². The molecular weight excluding hydrogens is 570 g/mol. The zero-order valence-electron chi connectivity index (χ0n) is 17.4. The van der Waals surface area contributed by atoms with Gasteiger partial charge in [-0.15, -0.1) is 6.58 Å². The molecule has 3 aromatic carbocycles. The first-order valence-corrected chi connectivity index (χ1v) is 11.7. The normalized spacial score (nSPS) is 10.9. The molecule has 1 amide bonds. The van der Waals surface area contributed by atoms with Crippen molar-refractivity contribution in [3.8, 4) is 11.8 Å². The molecule has 0 aromatic heterocycles. The van der Waals surface area contributed by atoms with E-state index in [9.17, 15) is 10.1 Å². The quantitative estimate of drug-likeness (QED) is 0.129. The molecule has 0 fully saturated rings. The van der Waals surface area contributed by atoms with Crippen molar-refractivity contribution in [2.45, 2.75) is 13.0 Å². The number of anilines is 1. The van der Waals surface area contributed by atoms with Gasteiger partial charge in [0, 0.05) is 3.57 Å². The zero-order chi connectivity index (χ0) is 23.8. The molecule has 0 heterocycles. The predicted molar refractivity (Wildman–Crippen MR) is 143 cm³/mol. The minimum atomic E-state index is -0.578. The molecule has 1 N–H and O–H groups in total. The molecule has 0 atom stereocenters. The van der Waals surface area contributed by atoms with E-state index in [0.717, 1.165) is 20.4 Å². The molecule has 0 aliphatic heterocycles. The lowest BCUT2D eigenvalue weighted by atomic mass is 10.0. The maximum Gasteiger partial charge on any atom is 0.266 e. The van der Waals surface area contributed by atoms with Crippen molar-refractivity contribution >= 4 is 63.5 Å². The van der Waals surface area contributed by atoms with E-state index in [1.165, 1.54) is 6.08 Å². The minimum Gasteiger partial charge on any atom is -0.489 e. The summed E-state index contributed by atoms with van der Waals surface area (Å²) >= 11 is 14.4. The number of nitrogens with one attached hydrogen (secondary N) is 1. The van der Waals surface area contributed by atoms with Crippen LogP contribution in [0, 0.1) is 14.9 Å². The van der Waals surface area contributed by atoms with Crippen LogP contribution in [0.5, 0.6) is 5.75 Å². The van der Waals surface area contributed by atoms with Crippen LogP contribution in [0.2, 0.25) is 10.0 Å². The van der Waals surface area contributed by atoms with Crippen LogP contribution in [-0.2, 0) is 17.8 Å². The fraction of sp³-hybridized carbons (Fsp3) is 0.0769. The number of carbonyl (C=O) groups excluding carboxylic acids is 1. The van der Waals surface area contributed by atoms with E-state index in [-0.39, 0.29) is 10.6 Å². The summed E-state index contributed by atoms with van der Waals surface area (Å²) < 4.78 is 7.17. The smallest absolute Gasteiger partial charge is 0.266 e. The molecule has 0 aliphatic carbocycles. The van der Waals surface area contributed by atoms with Crippen LogP contribution in [0.3, 0.4) is 0 Å². The molecule has 3 aromatic rings. The third-order valence-electron chi connectivity index (χ3n) is 4.63. The second-order valence-electron chi connectivity index (χ2n) is 7.00. The summed E-state index contributed by atoms with van der Waals surface area (Å²) in [5.74, 6) is 0.144. The van der Waals surface area contributed by atoms with Gasteiger partial charge < -0.3 is 10.1 Å². The van der Waals surface area contributed by atoms with Crippen molar-refractivity contribution in [1.82, 2.24) is 0 Å². The number of hydrogen-bond donors (Lipinski definition) is 1. The monoisotopic (exact) mass is 588 g/mol. The summed E-state index contributed by atoms with van der Waals surface area (Å²) in [6.45, 7) is 4.24. The van der Waals surface area contributed by atoms with E-state index in [4.69, 9.17) is 27.9 Å². The highest BCUT2D eigenvalue weighted by Crippen LogP contribution is 2.30. The SMILES string of the molecule is C=CCc1cc(/C=C(/C#N)C(=O)Nc2cccc(Cl)c2Cl)ccc1OCc1ccc(I)cc1. The molecular formula is C26H19Cl2IN2O2. The zero-order valence-corrected chi connectivity index (χ0v) is 21.1. The number of amides is 1. The Hall–Kier alpha value is -2.79. The Morgan fingerprint density at radius 1 is 1.15 bits per heavy atom. The van der Waals surface area contributed by atoms with Crippen LogP contribution in [-0.4, -0.2) is 5.91 Å². The fourth-order valence-electron chi connectivity index (χ4n) is 2.99. The van der Waals surface area contributed by atoms with Crippen molar-refractivity contribution in [3.05, 3.63) is 109 Å². The van der Waals surface area contributed by atoms with E-state index >= 15 is 0 Å². The number of rotatable bonds is 8. The van der Waals surface area contributed by atoms with E-state index in [1.807, 2.05) is 42.5 Å². The van der Waals surface area contributed by atoms with Gasteiger partial charge in [0.05, 0.1) is 15.7 Å². The van der Waals surface area contributed by atoms with Gasteiger partial charge in [-0.2, -0.15) is 5.26 Å². The highest BCUT2D eigenvalue weighted by atomic mass is 127. The Labute approximate surface area is 216 Å². The third kappa shape index (κ3) is 6.84. The summed E-state index contributed by atoms with van der Waals surface area (Å²) in [6.07, 6.45) is 3.87. The van der Waals surface area contributed by atoms with Crippen LogP contribution in [0.15, 0.2) is 78.9 Å². The number of nitrogens with zero attached hydrogens (tertiary/aromatic N) is 1. The van der Waals surface area contributed by atoms with Gasteiger partial charge in [0.1, 0.15) is 24.0 Å². The van der Waals surface area contributed by atoms with Crippen LogP contribution in [0.4, 0.5) is 5.69 Å². The van der Waals surface area contributed by atoms with Gasteiger partial charge >= 0.3 is 0 Å².